The lowest BCUT2D eigenvalue weighted by atomic mass is 10.1. The molecule has 3 heteroatoms. The van der Waals surface area contributed by atoms with Gasteiger partial charge in [-0.2, -0.15) is 0 Å². The molecule has 0 aromatic heterocycles. The predicted molar refractivity (Wildman–Crippen MR) is 77.6 cm³/mol. The molecule has 0 saturated carbocycles. The summed E-state index contributed by atoms with van der Waals surface area (Å²) in [5, 5.41) is 0. The fraction of sp³-hybridized carbons (Fsp3) is 1.00. The molecule has 0 aliphatic carbocycles. The summed E-state index contributed by atoms with van der Waals surface area (Å²) in [6, 6.07) is 0. The minimum absolute atomic E-state index is 0.333. The van der Waals surface area contributed by atoms with E-state index in [4.69, 9.17) is 4.74 Å². The normalized spacial score (nSPS) is 14.5. The van der Waals surface area contributed by atoms with Gasteiger partial charge in [0.2, 0.25) is 12.7 Å². The molecule has 2 atom stereocenters. The number of ether oxygens (including phenoxy) is 1. The molecule has 19 heavy (non-hydrogen) atoms. The van der Waals surface area contributed by atoms with Crippen molar-refractivity contribution in [1.82, 2.24) is 0 Å². The highest BCUT2D eigenvalue weighted by Gasteiger charge is 2.14. The van der Waals surface area contributed by atoms with Crippen molar-refractivity contribution in [3.63, 3.8) is 0 Å². The summed E-state index contributed by atoms with van der Waals surface area (Å²) in [7, 11) is 0. The van der Waals surface area contributed by atoms with E-state index in [0.29, 0.717) is 12.8 Å². The van der Waals surface area contributed by atoms with Crippen molar-refractivity contribution < 1.29 is 13.5 Å². The smallest absolute Gasteiger partial charge is 0.201 e. The van der Waals surface area contributed by atoms with Crippen LogP contribution in [-0.2, 0) is 4.74 Å². The molecule has 0 heterocycles. The topological polar surface area (TPSA) is 9.23 Å². The Morgan fingerprint density at radius 1 is 0.632 bits per heavy atom. The molecule has 2 unspecified atom stereocenters. The molecule has 0 saturated heterocycles. The summed E-state index contributed by atoms with van der Waals surface area (Å²) in [5.74, 6) is 0. The molecular weight excluding hydrogens is 246 g/mol. The zero-order chi connectivity index (χ0) is 14.3. The van der Waals surface area contributed by atoms with Gasteiger partial charge < -0.3 is 4.74 Å². The van der Waals surface area contributed by atoms with Gasteiger partial charge in [-0.1, -0.05) is 65.2 Å². The first-order valence-electron chi connectivity index (χ1n) is 8.14. The number of rotatable bonds is 14. The van der Waals surface area contributed by atoms with Crippen molar-refractivity contribution in [1.29, 1.82) is 0 Å². The molecule has 0 aromatic rings. The van der Waals surface area contributed by atoms with Crippen LogP contribution in [0.4, 0.5) is 8.78 Å². The van der Waals surface area contributed by atoms with Gasteiger partial charge >= 0.3 is 0 Å². The largest absolute Gasteiger partial charge is 0.314 e. The highest BCUT2D eigenvalue weighted by molar-refractivity contribution is 4.51. The Morgan fingerprint density at radius 2 is 1.00 bits per heavy atom. The lowest BCUT2D eigenvalue weighted by molar-refractivity contribution is -0.145. The molecule has 116 valence electrons. The maximum atomic E-state index is 13.3. The summed E-state index contributed by atoms with van der Waals surface area (Å²) < 4.78 is 31.4. The van der Waals surface area contributed by atoms with Gasteiger partial charge in [0.05, 0.1) is 0 Å². The predicted octanol–water partition coefficient (Wildman–Crippen LogP) is 6.32. The van der Waals surface area contributed by atoms with E-state index < -0.39 is 12.7 Å². The quantitative estimate of drug-likeness (QED) is 0.338. The number of hydrogen-bond acceptors (Lipinski definition) is 1. The van der Waals surface area contributed by atoms with Crippen molar-refractivity contribution in [2.45, 2.75) is 104 Å². The third-order valence-corrected chi connectivity index (χ3v) is 3.36. The van der Waals surface area contributed by atoms with E-state index in [0.717, 1.165) is 38.5 Å². The van der Waals surface area contributed by atoms with Crippen LogP contribution in [0.25, 0.3) is 0 Å². The SMILES string of the molecule is CCCCCCCC(F)OC(F)CCCCCCC. The molecule has 0 N–H and O–H groups in total. The van der Waals surface area contributed by atoms with Gasteiger partial charge in [0.25, 0.3) is 0 Å². The van der Waals surface area contributed by atoms with Crippen molar-refractivity contribution in [2.75, 3.05) is 0 Å². The summed E-state index contributed by atoms with van der Waals surface area (Å²) >= 11 is 0. The van der Waals surface area contributed by atoms with Crippen LogP contribution < -0.4 is 0 Å². The van der Waals surface area contributed by atoms with Crippen LogP contribution in [0.3, 0.4) is 0 Å². The maximum absolute atomic E-state index is 13.3. The molecule has 0 aliphatic heterocycles. The van der Waals surface area contributed by atoms with Crippen LogP contribution >= 0.6 is 0 Å². The Balaban J connectivity index is 3.34. The lowest BCUT2D eigenvalue weighted by Gasteiger charge is -2.13. The first-order chi connectivity index (χ1) is 9.20. The average molecular weight is 278 g/mol. The third kappa shape index (κ3) is 14.0. The zero-order valence-electron chi connectivity index (χ0n) is 12.8. The minimum atomic E-state index is -1.42. The first-order valence-corrected chi connectivity index (χ1v) is 8.14. The van der Waals surface area contributed by atoms with Crippen molar-refractivity contribution in [3.8, 4) is 0 Å². The monoisotopic (exact) mass is 278 g/mol. The molecule has 0 aromatic carbocycles. The Bertz CT molecular complexity index is 158. The second kappa shape index (κ2) is 14.2. The molecule has 0 rings (SSSR count). The number of unbranched alkanes of at least 4 members (excludes halogenated alkanes) is 8. The van der Waals surface area contributed by atoms with Gasteiger partial charge in [-0.25, -0.2) is 8.78 Å². The van der Waals surface area contributed by atoms with Crippen molar-refractivity contribution in [2.24, 2.45) is 0 Å². The molecular formula is C16H32F2O. The summed E-state index contributed by atoms with van der Waals surface area (Å²) in [4.78, 5) is 0. The van der Waals surface area contributed by atoms with E-state index in [-0.39, 0.29) is 0 Å². The highest BCUT2D eigenvalue weighted by atomic mass is 19.2. The van der Waals surface area contributed by atoms with Gasteiger partial charge in [-0.15, -0.1) is 0 Å². The second-order valence-corrected chi connectivity index (χ2v) is 5.36. The fourth-order valence-corrected chi connectivity index (χ4v) is 2.11. The van der Waals surface area contributed by atoms with Crippen LogP contribution in [0.1, 0.15) is 90.9 Å². The Morgan fingerprint density at radius 3 is 1.37 bits per heavy atom. The van der Waals surface area contributed by atoms with E-state index in [1.54, 1.807) is 0 Å². The summed E-state index contributed by atoms with van der Waals surface area (Å²) in [6.07, 6.45) is 8.48. The van der Waals surface area contributed by atoms with Gasteiger partial charge in [-0.05, 0) is 12.8 Å². The van der Waals surface area contributed by atoms with Crippen LogP contribution in [0.2, 0.25) is 0 Å². The fourth-order valence-electron chi connectivity index (χ4n) is 2.11. The number of hydrogen-bond donors (Lipinski definition) is 0. The Hall–Kier alpha value is -0.180. The van der Waals surface area contributed by atoms with Crippen LogP contribution in [0, 0.1) is 0 Å². The standard InChI is InChI=1S/C16H32F2O/c1-3-5-7-9-11-13-15(17)19-16(18)14-12-10-8-6-4-2/h15-16H,3-14H2,1-2H3. The first kappa shape index (κ1) is 18.8. The molecule has 0 bridgehead atoms. The van der Waals surface area contributed by atoms with Gasteiger partial charge in [0.15, 0.2) is 0 Å². The average Bonchev–Trinajstić information content (AvgIpc) is 2.38. The van der Waals surface area contributed by atoms with E-state index in [9.17, 15) is 8.78 Å². The summed E-state index contributed by atoms with van der Waals surface area (Å²) in [6.45, 7) is 4.30. The van der Waals surface area contributed by atoms with E-state index in [1.807, 2.05) is 0 Å². The number of alkyl halides is 2. The molecule has 0 aliphatic rings. The van der Waals surface area contributed by atoms with E-state index in [1.165, 1.54) is 25.7 Å². The summed E-state index contributed by atoms with van der Waals surface area (Å²) in [5.41, 5.74) is 0. The van der Waals surface area contributed by atoms with Crippen LogP contribution in [0.5, 0.6) is 0 Å². The van der Waals surface area contributed by atoms with Crippen molar-refractivity contribution in [3.05, 3.63) is 0 Å². The Kier molecular flexibility index (Phi) is 14.1. The van der Waals surface area contributed by atoms with Crippen LogP contribution in [0.15, 0.2) is 0 Å². The van der Waals surface area contributed by atoms with Gasteiger partial charge in [0.1, 0.15) is 0 Å². The van der Waals surface area contributed by atoms with Gasteiger partial charge in [0, 0.05) is 12.8 Å². The highest BCUT2D eigenvalue weighted by Crippen LogP contribution is 2.16. The lowest BCUT2D eigenvalue weighted by Crippen LogP contribution is -2.14. The van der Waals surface area contributed by atoms with E-state index in [2.05, 4.69) is 13.8 Å². The molecule has 1 nitrogen and oxygen atoms in total. The molecule has 0 fully saturated rings. The Labute approximate surface area is 118 Å². The van der Waals surface area contributed by atoms with Crippen LogP contribution in [-0.4, -0.2) is 12.7 Å². The molecule has 0 radical (unpaired) electrons. The van der Waals surface area contributed by atoms with Gasteiger partial charge in [-0.3, -0.25) is 0 Å². The minimum Gasteiger partial charge on any atom is -0.314 e. The van der Waals surface area contributed by atoms with E-state index >= 15 is 0 Å². The maximum Gasteiger partial charge on any atom is 0.201 e. The molecule has 0 spiro atoms. The second-order valence-electron chi connectivity index (χ2n) is 5.36. The molecule has 0 amide bonds. The third-order valence-electron chi connectivity index (χ3n) is 3.36. The number of halogens is 2. The van der Waals surface area contributed by atoms with Crippen molar-refractivity contribution >= 4 is 0 Å². The zero-order valence-corrected chi connectivity index (χ0v) is 12.8.